The molecular weight excluding hydrogens is 234 g/mol. The minimum Gasteiger partial charge on any atom is -0.481 e. The lowest BCUT2D eigenvalue weighted by Crippen LogP contribution is -2.05. The first-order valence-electron chi connectivity index (χ1n) is 5.33. The van der Waals surface area contributed by atoms with E-state index in [9.17, 15) is 4.79 Å². The van der Waals surface area contributed by atoms with Crippen molar-refractivity contribution in [1.82, 2.24) is 15.0 Å². The number of hydrogen-bond acceptors (Lipinski definition) is 5. The molecule has 2 heterocycles. The lowest BCUT2D eigenvalue weighted by atomic mass is 10.2. The number of ether oxygens (including phenoxy) is 1. The van der Waals surface area contributed by atoms with E-state index in [4.69, 9.17) is 9.84 Å². The van der Waals surface area contributed by atoms with Crippen LogP contribution in [0, 0.1) is 0 Å². The van der Waals surface area contributed by atoms with Crippen LogP contribution in [0.3, 0.4) is 0 Å². The van der Waals surface area contributed by atoms with E-state index >= 15 is 0 Å². The van der Waals surface area contributed by atoms with Gasteiger partial charge < -0.3 is 9.84 Å². The maximum atomic E-state index is 10.4. The zero-order valence-electron chi connectivity index (χ0n) is 9.48. The quantitative estimate of drug-likeness (QED) is 0.856. The minimum absolute atomic E-state index is 0.0609. The lowest BCUT2D eigenvalue weighted by molar-refractivity contribution is -0.137. The molecule has 18 heavy (non-hydrogen) atoms. The van der Waals surface area contributed by atoms with Gasteiger partial charge in [-0.3, -0.25) is 9.78 Å². The summed E-state index contributed by atoms with van der Waals surface area (Å²) in [5.41, 5.74) is 1.60. The molecule has 2 rings (SSSR count). The number of carbonyl (C=O) groups is 1. The van der Waals surface area contributed by atoms with Gasteiger partial charge in [-0.1, -0.05) is 0 Å². The lowest BCUT2D eigenvalue weighted by Gasteiger charge is -2.05. The van der Waals surface area contributed by atoms with Crippen molar-refractivity contribution in [2.75, 3.05) is 6.61 Å². The van der Waals surface area contributed by atoms with E-state index in [1.54, 1.807) is 18.5 Å². The Balaban J connectivity index is 2.08. The highest BCUT2D eigenvalue weighted by Crippen LogP contribution is 2.18. The van der Waals surface area contributed by atoms with Crippen molar-refractivity contribution in [1.29, 1.82) is 0 Å². The predicted molar refractivity (Wildman–Crippen MR) is 63.0 cm³/mol. The van der Waals surface area contributed by atoms with Gasteiger partial charge >= 0.3 is 5.97 Å². The maximum Gasteiger partial charge on any atom is 0.306 e. The van der Waals surface area contributed by atoms with Gasteiger partial charge in [-0.05, 0) is 12.1 Å². The highest BCUT2D eigenvalue weighted by atomic mass is 16.5. The van der Waals surface area contributed by atoms with E-state index < -0.39 is 5.97 Å². The summed E-state index contributed by atoms with van der Waals surface area (Å²) in [5, 5.41) is 8.50. The van der Waals surface area contributed by atoms with Gasteiger partial charge in [0.2, 0.25) is 5.88 Å². The van der Waals surface area contributed by atoms with E-state index in [0.29, 0.717) is 11.6 Å². The van der Waals surface area contributed by atoms with E-state index in [-0.39, 0.29) is 13.0 Å². The van der Waals surface area contributed by atoms with Crippen LogP contribution in [0.4, 0.5) is 0 Å². The molecule has 0 radical (unpaired) electrons. The summed E-state index contributed by atoms with van der Waals surface area (Å²) < 4.78 is 5.23. The van der Waals surface area contributed by atoms with Gasteiger partial charge in [0.15, 0.2) is 0 Å². The fraction of sp³-hybridized carbons (Fsp3) is 0.167. The van der Waals surface area contributed by atoms with Crippen molar-refractivity contribution < 1.29 is 14.6 Å². The third-order valence-electron chi connectivity index (χ3n) is 2.18. The van der Waals surface area contributed by atoms with Crippen molar-refractivity contribution >= 4 is 5.97 Å². The first-order chi connectivity index (χ1) is 8.75. The molecule has 1 N–H and O–H groups in total. The Hall–Kier alpha value is -2.50. The largest absolute Gasteiger partial charge is 0.481 e. The smallest absolute Gasteiger partial charge is 0.306 e. The van der Waals surface area contributed by atoms with Crippen LogP contribution in [0.1, 0.15) is 6.42 Å². The van der Waals surface area contributed by atoms with E-state index in [1.807, 2.05) is 12.1 Å². The van der Waals surface area contributed by atoms with Gasteiger partial charge in [-0.15, -0.1) is 0 Å². The van der Waals surface area contributed by atoms with E-state index in [1.165, 1.54) is 6.33 Å². The van der Waals surface area contributed by atoms with Crippen LogP contribution in [-0.4, -0.2) is 32.6 Å². The second-order valence-corrected chi connectivity index (χ2v) is 3.47. The number of pyridine rings is 1. The van der Waals surface area contributed by atoms with Gasteiger partial charge in [0.05, 0.1) is 12.1 Å². The monoisotopic (exact) mass is 245 g/mol. The molecule has 0 amide bonds. The van der Waals surface area contributed by atoms with Gasteiger partial charge in [-0.2, -0.15) is 0 Å². The summed E-state index contributed by atoms with van der Waals surface area (Å²) in [5.74, 6) is -0.545. The highest BCUT2D eigenvalue weighted by Gasteiger charge is 2.03. The number of carboxylic acids is 1. The van der Waals surface area contributed by atoms with Gasteiger partial charge in [0, 0.05) is 24.0 Å². The number of rotatable bonds is 5. The molecule has 0 aromatic carbocycles. The topological polar surface area (TPSA) is 85.2 Å². The Labute approximate surface area is 103 Å². The Kier molecular flexibility index (Phi) is 3.80. The summed E-state index contributed by atoms with van der Waals surface area (Å²) in [6.07, 6.45) is 4.66. The highest BCUT2D eigenvalue weighted by molar-refractivity contribution is 5.66. The summed E-state index contributed by atoms with van der Waals surface area (Å²) in [6.45, 7) is 0.0854. The molecule has 2 aromatic rings. The molecule has 92 valence electrons. The maximum absolute atomic E-state index is 10.4. The molecule has 0 atom stereocenters. The number of aromatic nitrogens is 3. The zero-order chi connectivity index (χ0) is 12.8. The molecule has 0 spiro atoms. The summed E-state index contributed by atoms with van der Waals surface area (Å²) in [6, 6.07) is 5.31. The van der Waals surface area contributed by atoms with Crippen LogP contribution < -0.4 is 4.74 Å². The van der Waals surface area contributed by atoms with E-state index in [2.05, 4.69) is 15.0 Å². The average Bonchev–Trinajstić information content (AvgIpc) is 2.40. The number of hydrogen-bond donors (Lipinski definition) is 1. The third-order valence-corrected chi connectivity index (χ3v) is 2.18. The molecule has 0 aliphatic rings. The fourth-order valence-corrected chi connectivity index (χ4v) is 1.34. The molecule has 0 aliphatic carbocycles. The van der Waals surface area contributed by atoms with Crippen molar-refractivity contribution in [3.63, 3.8) is 0 Å². The minimum atomic E-state index is -0.904. The number of carboxylic acid groups (broad SMARTS) is 1. The predicted octanol–water partition coefficient (Wildman–Crippen LogP) is 1.39. The Morgan fingerprint density at radius 3 is 2.78 bits per heavy atom. The van der Waals surface area contributed by atoms with Crippen molar-refractivity contribution in [2.45, 2.75) is 6.42 Å². The Morgan fingerprint density at radius 2 is 2.06 bits per heavy atom. The molecule has 2 aromatic heterocycles. The molecule has 0 bridgehead atoms. The van der Waals surface area contributed by atoms with E-state index in [0.717, 1.165) is 5.56 Å². The molecule has 0 saturated heterocycles. The summed E-state index contributed by atoms with van der Waals surface area (Å²) in [7, 11) is 0. The molecule has 6 nitrogen and oxygen atoms in total. The van der Waals surface area contributed by atoms with Crippen LogP contribution in [0.25, 0.3) is 11.3 Å². The number of aliphatic carboxylic acids is 1. The van der Waals surface area contributed by atoms with Crippen LogP contribution >= 0.6 is 0 Å². The molecule has 0 aliphatic heterocycles. The van der Waals surface area contributed by atoms with Crippen LogP contribution in [0.15, 0.2) is 36.9 Å². The second kappa shape index (κ2) is 5.72. The normalized spacial score (nSPS) is 10.0. The average molecular weight is 245 g/mol. The van der Waals surface area contributed by atoms with Crippen molar-refractivity contribution in [3.05, 3.63) is 36.9 Å². The number of nitrogens with zero attached hydrogens (tertiary/aromatic N) is 3. The summed E-state index contributed by atoms with van der Waals surface area (Å²) in [4.78, 5) is 22.3. The standard InChI is InChI=1S/C12H11N3O3/c16-12(17)3-6-18-11-7-10(14-8-15-11)9-1-4-13-5-2-9/h1-2,4-5,7-8H,3,6H2,(H,16,17). The Morgan fingerprint density at radius 1 is 1.28 bits per heavy atom. The van der Waals surface area contributed by atoms with Gasteiger partial charge in [0.25, 0.3) is 0 Å². The fourth-order valence-electron chi connectivity index (χ4n) is 1.34. The zero-order valence-corrected chi connectivity index (χ0v) is 9.48. The first-order valence-corrected chi connectivity index (χ1v) is 5.33. The molecule has 0 saturated carbocycles. The first kappa shape index (κ1) is 12.0. The molecular formula is C12H11N3O3. The van der Waals surface area contributed by atoms with Crippen molar-refractivity contribution in [3.8, 4) is 17.1 Å². The molecule has 6 heteroatoms. The van der Waals surface area contributed by atoms with Crippen molar-refractivity contribution in [2.24, 2.45) is 0 Å². The Bertz CT molecular complexity index is 531. The second-order valence-electron chi connectivity index (χ2n) is 3.47. The van der Waals surface area contributed by atoms with Crippen LogP contribution in [0.5, 0.6) is 5.88 Å². The van der Waals surface area contributed by atoms with Gasteiger partial charge in [0.1, 0.15) is 12.9 Å². The SMILES string of the molecule is O=C(O)CCOc1cc(-c2ccncc2)ncn1. The molecule has 0 fully saturated rings. The van der Waals surface area contributed by atoms with Crippen LogP contribution in [0.2, 0.25) is 0 Å². The van der Waals surface area contributed by atoms with Crippen LogP contribution in [-0.2, 0) is 4.79 Å². The molecule has 0 unspecified atom stereocenters. The van der Waals surface area contributed by atoms with Gasteiger partial charge in [-0.25, -0.2) is 9.97 Å². The third kappa shape index (κ3) is 3.24. The summed E-state index contributed by atoms with van der Waals surface area (Å²) >= 11 is 0.